The number of nitrogens with zero attached hydrogens (tertiary/aromatic N) is 1. The molecule has 3 heteroatoms. The number of benzene rings is 2. The lowest BCUT2D eigenvalue weighted by Gasteiger charge is -2.34. The van der Waals surface area contributed by atoms with Crippen LogP contribution in [0.4, 0.5) is 0 Å². The highest BCUT2D eigenvalue weighted by molar-refractivity contribution is 5.77. The molecule has 2 aromatic rings. The van der Waals surface area contributed by atoms with Crippen LogP contribution in [0.15, 0.2) is 60.7 Å². The van der Waals surface area contributed by atoms with Gasteiger partial charge < -0.3 is 9.64 Å². The third-order valence-electron chi connectivity index (χ3n) is 4.86. The molecule has 0 spiro atoms. The van der Waals surface area contributed by atoms with Crippen molar-refractivity contribution in [2.45, 2.75) is 51.3 Å². The largest absolute Gasteiger partial charge is 0.354 e. The van der Waals surface area contributed by atoms with Crippen LogP contribution < -0.4 is 0 Å². The third kappa shape index (κ3) is 4.49. The molecule has 132 valence electrons. The Labute approximate surface area is 150 Å². The average molecular weight is 337 g/mol. The summed E-state index contributed by atoms with van der Waals surface area (Å²) in [4.78, 5) is 14.9. The fourth-order valence-electron chi connectivity index (χ4n) is 3.63. The smallest absolute Gasteiger partial charge is 0.225 e. The van der Waals surface area contributed by atoms with E-state index >= 15 is 0 Å². The summed E-state index contributed by atoms with van der Waals surface area (Å²) in [5.41, 5.74) is 2.01. The Morgan fingerprint density at radius 3 is 2.28 bits per heavy atom. The number of hydrogen-bond acceptors (Lipinski definition) is 2. The highest BCUT2D eigenvalue weighted by atomic mass is 16.5. The van der Waals surface area contributed by atoms with Gasteiger partial charge in [0, 0.05) is 6.42 Å². The first-order valence-corrected chi connectivity index (χ1v) is 9.10. The van der Waals surface area contributed by atoms with Gasteiger partial charge in [0.25, 0.3) is 0 Å². The molecule has 0 aromatic heterocycles. The van der Waals surface area contributed by atoms with Gasteiger partial charge in [-0.3, -0.25) is 4.79 Å². The van der Waals surface area contributed by atoms with Crippen molar-refractivity contribution < 1.29 is 9.53 Å². The van der Waals surface area contributed by atoms with Crippen LogP contribution in [0.3, 0.4) is 0 Å². The Morgan fingerprint density at radius 2 is 1.64 bits per heavy atom. The monoisotopic (exact) mass is 337 g/mol. The van der Waals surface area contributed by atoms with E-state index in [4.69, 9.17) is 4.74 Å². The van der Waals surface area contributed by atoms with Crippen LogP contribution in [0, 0.1) is 0 Å². The van der Waals surface area contributed by atoms with Crippen molar-refractivity contribution in [3.8, 4) is 0 Å². The van der Waals surface area contributed by atoms with Crippen LogP contribution in [0.1, 0.15) is 37.8 Å². The lowest BCUT2D eigenvalue weighted by molar-refractivity contribution is -0.146. The van der Waals surface area contributed by atoms with Gasteiger partial charge in [-0.05, 0) is 44.2 Å². The van der Waals surface area contributed by atoms with Crippen molar-refractivity contribution in [2.75, 3.05) is 6.61 Å². The third-order valence-corrected chi connectivity index (χ3v) is 4.86. The van der Waals surface area contributed by atoms with E-state index in [0.29, 0.717) is 13.0 Å². The minimum Gasteiger partial charge on any atom is -0.354 e. The van der Waals surface area contributed by atoms with Crippen LogP contribution in [0.25, 0.3) is 0 Å². The van der Waals surface area contributed by atoms with Crippen LogP contribution in [-0.4, -0.2) is 29.2 Å². The van der Waals surface area contributed by atoms with E-state index in [9.17, 15) is 4.79 Å². The maximum Gasteiger partial charge on any atom is 0.225 e. The number of hydrogen-bond donors (Lipinski definition) is 0. The molecule has 1 aliphatic heterocycles. The summed E-state index contributed by atoms with van der Waals surface area (Å²) < 4.78 is 5.93. The summed E-state index contributed by atoms with van der Waals surface area (Å²) in [6, 6.07) is 20.8. The summed E-state index contributed by atoms with van der Waals surface area (Å²) in [7, 11) is 0. The Bertz CT molecular complexity index is 682. The lowest BCUT2D eigenvalue weighted by Crippen LogP contribution is -2.48. The first kappa shape index (κ1) is 17.7. The maximum absolute atomic E-state index is 12.9. The standard InChI is InChI=1S/C22H27NO2/c1-22(2)23(20(17-25-22)16-19-12-7-4-8-13-19)21(24)15-9-14-18-10-5-3-6-11-18/h3-8,10-13,20H,9,14-17H2,1-2H3/t20-/m0/s1. The van der Waals surface area contributed by atoms with Gasteiger partial charge in [0.05, 0.1) is 12.6 Å². The summed E-state index contributed by atoms with van der Waals surface area (Å²) in [6.45, 7) is 4.59. The molecule has 0 N–H and O–H groups in total. The Kier molecular flexibility index (Phi) is 5.54. The van der Waals surface area contributed by atoms with Crippen molar-refractivity contribution in [3.63, 3.8) is 0 Å². The first-order valence-electron chi connectivity index (χ1n) is 9.10. The molecule has 1 amide bonds. The minimum absolute atomic E-state index is 0.113. The topological polar surface area (TPSA) is 29.5 Å². The number of ether oxygens (including phenoxy) is 1. The van der Waals surface area contributed by atoms with Gasteiger partial charge in [-0.1, -0.05) is 60.7 Å². The van der Waals surface area contributed by atoms with Gasteiger partial charge in [0.1, 0.15) is 5.72 Å². The summed E-state index contributed by atoms with van der Waals surface area (Å²) in [5.74, 6) is 0.194. The van der Waals surface area contributed by atoms with E-state index in [2.05, 4.69) is 24.3 Å². The van der Waals surface area contributed by atoms with E-state index < -0.39 is 5.72 Å². The number of amides is 1. The van der Waals surface area contributed by atoms with Crippen molar-refractivity contribution in [1.29, 1.82) is 0 Å². The normalized spacial score (nSPS) is 19.1. The highest BCUT2D eigenvalue weighted by Crippen LogP contribution is 2.30. The fraction of sp³-hybridized carbons (Fsp3) is 0.409. The SMILES string of the molecule is CC1(C)OC[C@H](Cc2ccccc2)N1C(=O)CCCc1ccccc1. The Hall–Kier alpha value is -2.13. The molecule has 0 saturated carbocycles. The lowest BCUT2D eigenvalue weighted by atomic mass is 10.0. The maximum atomic E-state index is 12.9. The molecular formula is C22H27NO2. The van der Waals surface area contributed by atoms with Gasteiger partial charge in [-0.15, -0.1) is 0 Å². The molecule has 0 bridgehead atoms. The van der Waals surface area contributed by atoms with Gasteiger partial charge in [0.15, 0.2) is 0 Å². The zero-order valence-electron chi connectivity index (χ0n) is 15.2. The van der Waals surface area contributed by atoms with Crippen molar-refractivity contribution in [3.05, 3.63) is 71.8 Å². The minimum atomic E-state index is -0.525. The van der Waals surface area contributed by atoms with Gasteiger partial charge in [0.2, 0.25) is 5.91 Å². The Balaban J connectivity index is 1.61. The van der Waals surface area contributed by atoms with Crippen LogP contribution >= 0.6 is 0 Å². The second-order valence-corrected chi connectivity index (χ2v) is 7.20. The zero-order chi connectivity index (χ0) is 17.7. The first-order chi connectivity index (χ1) is 12.1. The van der Waals surface area contributed by atoms with Crippen molar-refractivity contribution in [2.24, 2.45) is 0 Å². The molecule has 1 aliphatic rings. The zero-order valence-corrected chi connectivity index (χ0v) is 15.2. The fourth-order valence-corrected chi connectivity index (χ4v) is 3.63. The van der Waals surface area contributed by atoms with E-state index in [1.807, 2.05) is 55.1 Å². The summed E-state index contributed by atoms with van der Waals surface area (Å²) in [6.07, 6.45) is 3.21. The van der Waals surface area contributed by atoms with Crippen LogP contribution in [0.2, 0.25) is 0 Å². The second-order valence-electron chi connectivity index (χ2n) is 7.20. The molecule has 0 unspecified atom stereocenters. The van der Waals surface area contributed by atoms with Gasteiger partial charge >= 0.3 is 0 Å². The molecule has 2 aromatic carbocycles. The highest BCUT2D eigenvalue weighted by Gasteiger charge is 2.43. The molecule has 1 atom stereocenters. The van der Waals surface area contributed by atoms with Crippen molar-refractivity contribution >= 4 is 5.91 Å². The van der Waals surface area contributed by atoms with E-state index in [-0.39, 0.29) is 11.9 Å². The average Bonchev–Trinajstić information content (AvgIpc) is 2.91. The van der Waals surface area contributed by atoms with Gasteiger partial charge in [-0.25, -0.2) is 0 Å². The van der Waals surface area contributed by atoms with E-state index in [1.54, 1.807) is 0 Å². The number of aryl methyl sites for hydroxylation is 1. The second kappa shape index (κ2) is 7.83. The van der Waals surface area contributed by atoms with Gasteiger partial charge in [-0.2, -0.15) is 0 Å². The Morgan fingerprint density at radius 1 is 1.04 bits per heavy atom. The summed E-state index contributed by atoms with van der Waals surface area (Å²) in [5, 5.41) is 0. The predicted molar refractivity (Wildman–Crippen MR) is 100 cm³/mol. The van der Waals surface area contributed by atoms with Crippen LogP contribution in [0.5, 0.6) is 0 Å². The predicted octanol–water partition coefficient (Wildman–Crippen LogP) is 4.22. The molecule has 0 radical (unpaired) electrons. The molecular weight excluding hydrogens is 310 g/mol. The quantitative estimate of drug-likeness (QED) is 0.790. The molecule has 1 fully saturated rings. The number of carbonyl (C=O) groups excluding carboxylic acids is 1. The molecule has 3 nitrogen and oxygen atoms in total. The van der Waals surface area contributed by atoms with E-state index in [0.717, 1.165) is 19.3 Å². The number of carbonyl (C=O) groups is 1. The van der Waals surface area contributed by atoms with Crippen LogP contribution in [-0.2, 0) is 22.4 Å². The molecule has 1 heterocycles. The van der Waals surface area contributed by atoms with Crippen molar-refractivity contribution in [1.82, 2.24) is 4.90 Å². The molecule has 0 aliphatic carbocycles. The molecule has 3 rings (SSSR count). The summed E-state index contributed by atoms with van der Waals surface area (Å²) >= 11 is 0. The number of rotatable bonds is 6. The molecule has 25 heavy (non-hydrogen) atoms. The molecule has 1 saturated heterocycles. The van der Waals surface area contributed by atoms with E-state index in [1.165, 1.54) is 11.1 Å².